The molecule has 0 saturated heterocycles. The Kier molecular flexibility index (Phi) is 5.23. The summed E-state index contributed by atoms with van der Waals surface area (Å²) in [4.78, 5) is 5.51. The number of aromatic nitrogens is 1. The van der Waals surface area contributed by atoms with Gasteiger partial charge < -0.3 is 0 Å². The van der Waals surface area contributed by atoms with Crippen LogP contribution in [0, 0.1) is 5.82 Å². The molecule has 1 heterocycles. The molecule has 0 fully saturated rings. The Labute approximate surface area is 176 Å². The van der Waals surface area contributed by atoms with Crippen molar-refractivity contribution < 1.29 is 12.8 Å². The summed E-state index contributed by atoms with van der Waals surface area (Å²) in [6.45, 7) is 0. The molecule has 0 bridgehead atoms. The average Bonchev–Trinajstić information content (AvgIpc) is 3.13. The maximum Gasteiger partial charge on any atom is 0.238 e. The molecular formula is C21H14ClFN2O2S2. The van der Waals surface area contributed by atoms with Gasteiger partial charge in [0.05, 0.1) is 20.5 Å². The Balaban J connectivity index is 1.91. The summed E-state index contributed by atoms with van der Waals surface area (Å²) in [5.74, 6) is -0.370. The predicted octanol–water partition coefficient (Wildman–Crippen LogP) is 5.58. The molecule has 0 aliphatic carbocycles. The molecule has 0 radical (unpaired) electrons. The van der Waals surface area contributed by atoms with E-state index in [0.29, 0.717) is 21.3 Å². The van der Waals surface area contributed by atoms with Crippen LogP contribution in [0.25, 0.3) is 32.3 Å². The van der Waals surface area contributed by atoms with Gasteiger partial charge in [-0.05, 0) is 35.9 Å². The molecule has 4 rings (SSSR count). The van der Waals surface area contributed by atoms with Gasteiger partial charge in [0.1, 0.15) is 10.8 Å². The van der Waals surface area contributed by atoms with Gasteiger partial charge in [-0.1, -0.05) is 54.1 Å². The highest BCUT2D eigenvalue weighted by Gasteiger charge is 2.18. The average molecular weight is 445 g/mol. The first kappa shape index (κ1) is 19.7. The zero-order valence-electron chi connectivity index (χ0n) is 14.8. The quantitative estimate of drug-likeness (QED) is 0.446. The molecule has 0 saturated carbocycles. The predicted molar refractivity (Wildman–Crippen MR) is 115 cm³/mol. The van der Waals surface area contributed by atoms with Crippen LogP contribution in [-0.2, 0) is 10.0 Å². The van der Waals surface area contributed by atoms with Crippen molar-refractivity contribution in [3.05, 3.63) is 83.6 Å². The number of primary sulfonamides is 1. The first-order chi connectivity index (χ1) is 13.8. The van der Waals surface area contributed by atoms with E-state index < -0.39 is 10.0 Å². The van der Waals surface area contributed by atoms with Gasteiger partial charge in [-0.15, -0.1) is 11.3 Å². The van der Waals surface area contributed by atoms with Crippen molar-refractivity contribution in [3.63, 3.8) is 0 Å². The van der Waals surface area contributed by atoms with Gasteiger partial charge in [0, 0.05) is 11.1 Å². The minimum atomic E-state index is -3.79. The van der Waals surface area contributed by atoms with E-state index in [-0.39, 0.29) is 10.7 Å². The number of rotatable bonds is 4. The second kappa shape index (κ2) is 7.68. The van der Waals surface area contributed by atoms with Crippen LogP contribution >= 0.6 is 22.9 Å². The molecule has 2 N–H and O–H groups in total. The lowest BCUT2D eigenvalue weighted by Gasteiger charge is -2.04. The molecule has 146 valence electrons. The Morgan fingerprint density at radius 2 is 1.66 bits per heavy atom. The molecular weight excluding hydrogens is 431 g/mol. The molecule has 3 aromatic carbocycles. The Bertz CT molecular complexity index is 1300. The van der Waals surface area contributed by atoms with E-state index >= 15 is 0 Å². The molecule has 0 aliphatic heterocycles. The molecule has 1 aromatic heterocycles. The third-order valence-corrected chi connectivity index (χ3v) is 6.67. The SMILES string of the molecule is NS(=O)(=O)c1ccc(-c2sc(-c3ccccc3Cl)nc2-c2cccc(F)c2)cc1. The summed E-state index contributed by atoms with van der Waals surface area (Å²) in [5, 5.41) is 6.43. The zero-order valence-corrected chi connectivity index (χ0v) is 17.2. The highest BCUT2D eigenvalue weighted by molar-refractivity contribution is 7.89. The number of hydrogen-bond donors (Lipinski definition) is 1. The number of benzene rings is 3. The van der Waals surface area contributed by atoms with Crippen molar-refractivity contribution in [2.45, 2.75) is 4.90 Å². The van der Waals surface area contributed by atoms with Crippen LogP contribution < -0.4 is 5.14 Å². The highest BCUT2D eigenvalue weighted by Crippen LogP contribution is 2.42. The van der Waals surface area contributed by atoms with Crippen LogP contribution in [-0.4, -0.2) is 13.4 Å². The Morgan fingerprint density at radius 3 is 2.31 bits per heavy atom. The number of nitrogens with zero attached hydrogens (tertiary/aromatic N) is 1. The first-order valence-corrected chi connectivity index (χ1v) is 11.2. The molecule has 0 atom stereocenters. The van der Waals surface area contributed by atoms with E-state index in [0.717, 1.165) is 16.0 Å². The van der Waals surface area contributed by atoms with Gasteiger partial charge in [-0.3, -0.25) is 0 Å². The molecule has 0 amide bonds. The van der Waals surface area contributed by atoms with Crippen LogP contribution in [0.1, 0.15) is 0 Å². The summed E-state index contributed by atoms with van der Waals surface area (Å²) in [7, 11) is -3.79. The number of hydrogen-bond acceptors (Lipinski definition) is 4. The third-order valence-electron chi connectivity index (χ3n) is 4.27. The fourth-order valence-corrected chi connectivity index (χ4v) is 4.82. The smallest absolute Gasteiger partial charge is 0.235 e. The minimum absolute atomic E-state index is 0.0180. The van der Waals surface area contributed by atoms with E-state index in [9.17, 15) is 12.8 Å². The van der Waals surface area contributed by atoms with Gasteiger partial charge in [0.15, 0.2) is 0 Å². The highest BCUT2D eigenvalue weighted by atomic mass is 35.5. The second-order valence-corrected chi connectivity index (χ2v) is 9.22. The lowest BCUT2D eigenvalue weighted by Crippen LogP contribution is -2.11. The van der Waals surface area contributed by atoms with E-state index in [4.69, 9.17) is 21.7 Å². The summed E-state index contributed by atoms with van der Waals surface area (Å²) >= 11 is 7.73. The Hall–Kier alpha value is -2.58. The lowest BCUT2D eigenvalue weighted by atomic mass is 10.1. The van der Waals surface area contributed by atoms with Crippen LogP contribution in [0.5, 0.6) is 0 Å². The number of sulfonamides is 1. The third kappa shape index (κ3) is 4.09. The number of thiazole rings is 1. The van der Waals surface area contributed by atoms with E-state index in [1.54, 1.807) is 30.3 Å². The monoisotopic (exact) mass is 444 g/mol. The maximum atomic E-state index is 13.8. The van der Waals surface area contributed by atoms with Gasteiger partial charge >= 0.3 is 0 Å². The molecule has 4 nitrogen and oxygen atoms in total. The van der Waals surface area contributed by atoms with Gasteiger partial charge in [-0.2, -0.15) is 0 Å². The van der Waals surface area contributed by atoms with Crippen molar-refractivity contribution >= 4 is 33.0 Å². The first-order valence-electron chi connectivity index (χ1n) is 8.48. The standard InChI is InChI=1S/C21H14ClFN2O2S2/c22-18-7-2-1-6-17(18)21-25-19(14-4-3-5-15(23)12-14)20(28-21)13-8-10-16(11-9-13)29(24,26)27/h1-12H,(H2,24,26,27). The summed E-state index contributed by atoms with van der Waals surface area (Å²) in [6, 6.07) is 19.7. The molecule has 4 aromatic rings. The van der Waals surface area contributed by atoms with E-state index in [1.165, 1.54) is 35.6 Å². The van der Waals surface area contributed by atoms with Crippen molar-refractivity contribution in [2.24, 2.45) is 5.14 Å². The normalized spacial score (nSPS) is 11.6. The van der Waals surface area contributed by atoms with Crippen LogP contribution in [0.3, 0.4) is 0 Å². The molecule has 8 heteroatoms. The van der Waals surface area contributed by atoms with Crippen molar-refractivity contribution in [2.75, 3.05) is 0 Å². The largest absolute Gasteiger partial charge is 0.238 e. The van der Waals surface area contributed by atoms with E-state index in [1.807, 2.05) is 18.2 Å². The minimum Gasteiger partial charge on any atom is -0.235 e. The van der Waals surface area contributed by atoms with Crippen molar-refractivity contribution in [3.8, 4) is 32.3 Å². The number of halogens is 2. The molecule has 0 unspecified atom stereocenters. The van der Waals surface area contributed by atoms with Gasteiger partial charge in [0.2, 0.25) is 10.0 Å². The van der Waals surface area contributed by atoms with Crippen LogP contribution in [0.15, 0.2) is 77.7 Å². The second-order valence-electron chi connectivity index (χ2n) is 6.26. The Morgan fingerprint density at radius 1 is 0.931 bits per heavy atom. The van der Waals surface area contributed by atoms with Gasteiger partial charge in [0.25, 0.3) is 0 Å². The van der Waals surface area contributed by atoms with E-state index in [2.05, 4.69) is 0 Å². The van der Waals surface area contributed by atoms with Crippen LogP contribution in [0.4, 0.5) is 4.39 Å². The maximum absolute atomic E-state index is 13.8. The van der Waals surface area contributed by atoms with Crippen LogP contribution in [0.2, 0.25) is 5.02 Å². The summed E-state index contributed by atoms with van der Waals surface area (Å²) in [6.07, 6.45) is 0. The van der Waals surface area contributed by atoms with Crippen molar-refractivity contribution in [1.82, 2.24) is 4.98 Å². The van der Waals surface area contributed by atoms with Gasteiger partial charge in [-0.25, -0.2) is 22.9 Å². The topological polar surface area (TPSA) is 73.1 Å². The lowest BCUT2D eigenvalue weighted by molar-refractivity contribution is 0.598. The summed E-state index contributed by atoms with van der Waals surface area (Å²) in [5.41, 5.74) is 2.72. The zero-order chi connectivity index (χ0) is 20.6. The molecule has 29 heavy (non-hydrogen) atoms. The molecule has 0 aliphatic rings. The number of nitrogens with two attached hydrogens (primary N) is 1. The fourth-order valence-electron chi connectivity index (χ4n) is 2.89. The molecule has 0 spiro atoms. The fraction of sp³-hybridized carbons (Fsp3) is 0. The summed E-state index contributed by atoms with van der Waals surface area (Å²) < 4.78 is 36.9. The van der Waals surface area contributed by atoms with Crippen molar-refractivity contribution in [1.29, 1.82) is 0 Å².